The van der Waals surface area contributed by atoms with E-state index in [2.05, 4.69) is 9.97 Å². The molecule has 1 aromatic carbocycles. The van der Waals surface area contributed by atoms with Gasteiger partial charge in [-0.25, -0.2) is 4.98 Å². The van der Waals surface area contributed by atoms with E-state index in [1.54, 1.807) is 30.6 Å². The van der Waals surface area contributed by atoms with Gasteiger partial charge in [-0.15, -0.1) is 11.3 Å². The zero-order chi connectivity index (χ0) is 22.0. The molecule has 1 aliphatic heterocycles. The van der Waals surface area contributed by atoms with Gasteiger partial charge < -0.3 is 14.8 Å². The predicted octanol–water partition coefficient (Wildman–Crippen LogP) is 3.55. The molecule has 3 heterocycles. The summed E-state index contributed by atoms with van der Waals surface area (Å²) in [4.78, 5) is 46.9. The number of amides is 1. The molecule has 31 heavy (non-hydrogen) atoms. The van der Waals surface area contributed by atoms with Crippen LogP contribution in [0.2, 0.25) is 0 Å². The van der Waals surface area contributed by atoms with E-state index in [4.69, 9.17) is 0 Å². The van der Waals surface area contributed by atoms with Crippen LogP contribution >= 0.6 is 11.3 Å². The highest BCUT2D eigenvalue weighted by molar-refractivity contribution is 7.17. The van der Waals surface area contributed by atoms with Crippen LogP contribution in [0.25, 0.3) is 10.2 Å². The quantitative estimate of drug-likeness (QED) is 0.479. The maximum absolute atomic E-state index is 12.9. The Bertz CT molecular complexity index is 1180. The number of hydrogen-bond acceptors (Lipinski definition) is 7. The molecular weight excluding hydrogens is 418 g/mol. The van der Waals surface area contributed by atoms with Crippen molar-refractivity contribution in [2.45, 2.75) is 32.2 Å². The van der Waals surface area contributed by atoms with E-state index >= 15 is 0 Å². The number of nitrogens with one attached hydrogen (secondary N) is 1. The molecule has 0 unspecified atom stereocenters. The number of anilines is 1. The SMILES string of the molecule is CN(Cc1nc2ccsc2c(=O)[nH]1)C(=O)c1ccc(N2CCCCCC2)c([N+](=O)[O-])c1. The predicted molar refractivity (Wildman–Crippen MR) is 120 cm³/mol. The van der Waals surface area contributed by atoms with Crippen LogP contribution in [0.4, 0.5) is 11.4 Å². The molecule has 3 aromatic rings. The van der Waals surface area contributed by atoms with Crippen molar-refractivity contribution in [2.24, 2.45) is 0 Å². The molecule has 2 aromatic heterocycles. The van der Waals surface area contributed by atoms with Gasteiger partial charge in [0.1, 0.15) is 16.2 Å². The van der Waals surface area contributed by atoms with Gasteiger partial charge in [0.25, 0.3) is 17.2 Å². The van der Waals surface area contributed by atoms with E-state index in [0.29, 0.717) is 21.7 Å². The van der Waals surface area contributed by atoms with Crippen molar-refractivity contribution in [3.63, 3.8) is 0 Å². The normalized spacial score (nSPS) is 14.4. The number of H-pyrrole nitrogens is 1. The molecule has 1 fully saturated rings. The molecule has 9 nitrogen and oxygen atoms in total. The molecule has 0 radical (unpaired) electrons. The molecular formula is C21H23N5O4S. The van der Waals surface area contributed by atoms with Crippen molar-refractivity contribution in [1.82, 2.24) is 14.9 Å². The molecule has 0 aliphatic carbocycles. The fourth-order valence-corrected chi connectivity index (χ4v) is 4.62. The first kappa shape index (κ1) is 21.0. The number of hydrogen-bond donors (Lipinski definition) is 1. The first-order valence-electron chi connectivity index (χ1n) is 10.2. The van der Waals surface area contributed by atoms with E-state index in [1.807, 2.05) is 4.90 Å². The number of carbonyl (C=O) groups excluding carboxylic acids is 1. The Balaban J connectivity index is 1.57. The average Bonchev–Trinajstić information content (AvgIpc) is 3.06. The van der Waals surface area contributed by atoms with Crippen molar-refractivity contribution in [1.29, 1.82) is 0 Å². The molecule has 1 amide bonds. The number of fused-ring (bicyclic) bond motifs is 1. The number of rotatable bonds is 5. The minimum atomic E-state index is -0.430. The number of benzene rings is 1. The monoisotopic (exact) mass is 441 g/mol. The molecule has 0 bridgehead atoms. The van der Waals surface area contributed by atoms with Crippen LogP contribution in [0.3, 0.4) is 0 Å². The van der Waals surface area contributed by atoms with Crippen molar-refractivity contribution in [2.75, 3.05) is 25.0 Å². The van der Waals surface area contributed by atoms with Crippen LogP contribution in [-0.2, 0) is 6.54 Å². The molecule has 0 spiro atoms. The van der Waals surface area contributed by atoms with Gasteiger partial charge in [-0.1, -0.05) is 12.8 Å². The smallest absolute Gasteiger partial charge is 0.293 e. The minimum absolute atomic E-state index is 0.0626. The lowest BCUT2D eigenvalue weighted by atomic mass is 10.1. The van der Waals surface area contributed by atoms with Gasteiger partial charge >= 0.3 is 0 Å². The Morgan fingerprint density at radius 1 is 1.26 bits per heavy atom. The van der Waals surface area contributed by atoms with Gasteiger partial charge in [-0.2, -0.15) is 0 Å². The number of aromatic nitrogens is 2. The fraction of sp³-hybridized carbons (Fsp3) is 0.381. The molecule has 10 heteroatoms. The molecule has 0 atom stereocenters. The average molecular weight is 442 g/mol. The number of nitrogens with zero attached hydrogens (tertiary/aromatic N) is 4. The molecule has 1 aliphatic rings. The van der Waals surface area contributed by atoms with Crippen molar-refractivity contribution >= 4 is 38.8 Å². The Kier molecular flexibility index (Phi) is 5.99. The van der Waals surface area contributed by atoms with Crippen molar-refractivity contribution in [3.8, 4) is 0 Å². The highest BCUT2D eigenvalue weighted by Crippen LogP contribution is 2.31. The molecule has 1 N–H and O–H groups in total. The summed E-state index contributed by atoms with van der Waals surface area (Å²) >= 11 is 1.31. The van der Waals surface area contributed by atoms with Crippen molar-refractivity contribution < 1.29 is 9.72 Å². The molecule has 0 saturated carbocycles. The fourth-order valence-electron chi connectivity index (χ4n) is 3.90. The second kappa shape index (κ2) is 8.84. The van der Waals surface area contributed by atoms with Gasteiger partial charge in [0, 0.05) is 31.8 Å². The standard InChI is InChI=1S/C21H23N5O4S/c1-24(13-18-22-15-8-11-31-19(15)20(27)23-18)21(28)14-6-7-16(17(12-14)26(29)30)25-9-4-2-3-5-10-25/h6-8,11-12H,2-5,9-10,13H2,1H3,(H,22,23,27). The highest BCUT2D eigenvalue weighted by atomic mass is 32.1. The van der Waals surface area contributed by atoms with E-state index in [9.17, 15) is 19.7 Å². The van der Waals surface area contributed by atoms with Crippen LogP contribution in [-0.4, -0.2) is 45.8 Å². The summed E-state index contributed by atoms with van der Waals surface area (Å²) < 4.78 is 0.539. The third-order valence-corrected chi connectivity index (χ3v) is 6.37. The first-order chi connectivity index (χ1) is 14.9. The topological polar surface area (TPSA) is 112 Å². The van der Waals surface area contributed by atoms with Gasteiger partial charge in [-0.05, 0) is 36.4 Å². The second-order valence-electron chi connectivity index (χ2n) is 7.67. The number of aromatic amines is 1. The Labute approximate surface area is 182 Å². The zero-order valence-corrected chi connectivity index (χ0v) is 18.0. The van der Waals surface area contributed by atoms with E-state index < -0.39 is 4.92 Å². The lowest BCUT2D eigenvalue weighted by molar-refractivity contribution is -0.384. The van der Waals surface area contributed by atoms with Crippen LogP contribution < -0.4 is 10.5 Å². The maximum Gasteiger partial charge on any atom is 0.293 e. The summed E-state index contributed by atoms with van der Waals surface area (Å²) in [5.41, 5.74) is 1.06. The molecule has 1 saturated heterocycles. The number of nitro benzene ring substituents is 1. The van der Waals surface area contributed by atoms with Crippen LogP contribution in [0.5, 0.6) is 0 Å². The summed E-state index contributed by atoms with van der Waals surface area (Å²) in [6.07, 6.45) is 4.25. The zero-order valence-electron chi connectivity index (χ0n) is 17.2. The van der Waals surface area contributed by atoms with Crippen LogP contribution in [0.1, 0.15) is 41.9 Å². The van der Waals surface area contributed by atoms with Crippen molar-refractivity contribution in [3.05, 3.63) is 61.5 Å². The summed E-state index contributed by atoms with van der Waals surface area (Å²) in [7, 11) is 1.58. The number of carbonyl (C=O) groups is 1. The summed E-state index contributed by atoms with van der Waals surface area (Å²) in [6, 6.07) is 6.40. The molecule has 162 valence electrons. The number of nitro groups is 1. The third kappa shape index (κ3) is 4.43. The Hall–Kier alpha value is -3.27. The maximum atomic E-state index is 12.9. The lowest BCUT2D eigenvalue weighted by Crippen LogP contribution is -2.29. The third-order valence-electron chi connectivity index (χ3n) is 5.46. The van der Waals surface area contributed by atoms with E-state index in [-0.39, 0.29) is 29.3 Å². The van der Waals surface area contributed by atoms with Gasteiger partial charge in [-0.3, -0.25) is 19.7 Å². The lowest BCUT2D eigenvalue weighted by Gasteiger charge is -2.23. The Morgan fingerprint density at radius 2 is 2.00 bits per heavy atom. The number of thiophene rings is 1. The van der Waals surface area contributed by atoms with E-state index in [1.165, 1.54) is 22.3 Å². The largest absolute Gasteiger partial charge is 0.366 e. The van der Waals surface area contributed by atoms with Gasteiger partial charge in [0.15, 0.2) is 0 Å². The second-order valence-corrected chi connectivity index (χ2v) is 8.59. The highest BCUT2D eigenvalue weighted by Gasteiger charge is 2.24. The summed E-state index contributed by atoms with van der Waals surface area (Å²) in [5.74, 6) is -0.0129. The Morgan fingerprint density at radius 3 is 2.71 bits per heavy atom. The first-order valence-corrected chi connectivity index (χ1v) is 11.1. The minimum Gasteiger partial charge on any atom is -0.366 e. The van der Waals surface area contributed by atoms with Gasteiger partial charge in [0.2, 0.25) is 0 Å². The summed E-state index contributed by atoms with van der Waals surface area (Å²) in [6.45, 7) is 1.64. The van der Waals surface area contributed by atoms with Gasteiger partial charge in [0.05, 0.1) is 17.0 Å². The van der Waals surface area contributed by atoms with E-state index in [0.717, 1.165) is 38.8 Å². The summed E-state index contributed by atoms with van der Waals surface area (Å²) in [5, 5.41) is 13.5. The molecule has 4 rings (SSSR count). The van der Waals surface area contributed by atoms with Crippen LogP contribution in [0.15, 0.2) is 34.4 Å². The van der Waals surface area contributed by atoms with Crippen LogP contribution in [0, 0.1) is 10.1 Å².